The van der Waals surface area contributed by atoms with E-state index in [2.05, 4.69) is 0 Å². The smallest absolute Gasteiger partial charge is 0.408 e. The highest BCUT2D eigenvalue weighted by molar-refractivity contribution is 5.98. The molecule has 1 atom stereocenters. The Balaban J connectivity index is 3.18. The van der Waals surface area contributed by atoms with Crippen LogP contribution in [-0.4, -0.2) is 45.0 Å². The molecule has 1 amide bonds. The van der Waals surface area contributed by atoms with E-state index in [4.69, 9.17) is 5.11 Å². The zero-order chi connectivity index (χ0) is 13.4. The number of carbonyl (C=O) groups is 3. The Kier molecular flexibility index (Phi) is 3.18. The molecule has 1 heterocycles. The Morgan fingerprint density at radius 2 is 1.88 bits per heavy atom. The molecule has 2 N–H and O–H groups in total. The number of aliphatic carboxylic acids is 1. The van der Waals surface area contributed by atoms with E-state index in [0.717, 1.165) is 4.90 Å². The van der Waals surface area contributed by atoms with Crippen LogP contribution in [0.3, 0.4) is 0 Å². The first-order valence-corrected chi connectivity index (χ1v) is 5.34. The van der Waals surface area contributed by atoms with E-state index >= 15 is 0 Å². The molecular formula is C11H17NO5. The van der Waals surface area contributed by atoms with Crippen molar-refractivity contribution in [2.75, 3.05) is 6.54 Å². The predicted octanol–water partition coefficient (Wildman–Crippen LogP) is 1.20. The second-order valence-corrected chi connectivity index (χ2v) is 5.66. The van der Waals surface area contributed by atoms with Crippen LogP contribution in [0.2, 0.25) is 0 Å². The Bertz CT molecular complexity index is 371. The first-order valence-electron chi connectivity index (χ1n) is 5.34. The van der Waals surface area contributed by atoms with Crippen molar-refractivity contribution in [3.05, 3.63) is 0 Å². The molecule has 0 aromatic rings. The number of hydrogen-bond acceptors (Lipinski definition) is 3. The molecule has 1 aliphatic rings. The molecule has 0 radical (unpaired) electrons. The summed E-state index contributed by atoms with van der Waals surface area (Å²) in [7, 11) is 0. The number of carboxylic acids is 1. The van der Waals surface area contributed by atoms with Crippen LogP contribution in [0.5, 0.6) is 0 Å². The fourth-order valence-electron chi connectivity index (χ4n) is 2.36. The van der Waals surface area contributed by atoms with Gasteiger partial charge in [0, 0.05) is 6.42 Å². The van der Waals surface area contributed by atoms with Gasteiger partial charge in [-0.1, -0.05) is 20.8 Å². The van der Waals surface area contributed by atoms with Crippen LogP contribution in [0.25, 0.3) is 0 Å². The zero-order valence-electron chi connectivity index (χ0n) is 10.2. The third-order valence-electron chi connectivity index (χ3n) is 2.79. The number of amides is 1. The molecule has 0 aromatic carbocycles. The average molecular weight is 243 g/mol. The highest BCUT2D eigenvalue weighted by atomic mass is 16.4. The quantitative estimate of drug-likeness (QED) is 0.759. The Morgan fingerprint density at radius 1 is 1.35 bits per heavy atom. The highest BCUT2D eigenvalue weighted by Crippen LogP contribution is 2.38. The van der Waals surface area contributed by atoms with E-state index < -0.39 is 17.6 Å². The predicted molar refractivity (Wildman–Crippen MR) is 58.8 cm³/mol. The summed E-state index contributed by atoms with van der Waals surface area (Å²) in [5.41, 5.74) is -1.99. The first kappa shape index (κ1) is 13.5. The number of carboxylic acid groups (broad SMARTS) is 2. The van der Waals surface area contributed by atoms with Gasteiger partial charge in [0.1, 0.15) is 0 Å². The molecule has 1 rings (SSSR count). The molecule has 1 saturated heterocycles. The minimum Gasteiger partial charge on any atom is -0.479 e. The Morgan fingerprint density at radius 3 is 2.24 bits per heavy atom. The Labute approximate surface area is 99.2 Å². The van der Waals surface area contributed by atoms with Crippen molar-refractivity contribution in [2.24, 2.45) is 5.41 Å². The normalized spacial score (nSPS) is 25.1. The summed E-state index contributed by atoms with van der Waals surface area (Å²) >= 11 is 0. The maximum atomic E-state index is 11.4. The fourth-order valence-corrected chi connectivity index (χ4v) is 2.36. The number of nitrogens with zero attached hydrogens (tertiary/aromatic N) is 1. The molecule has 6 heteroatoms. The number of carbonyl (C=O) groups excluding carboxylic acids is 1. The number of rotatable bonds is 2. The van der Waals surface area contributed by atoms with Crippen molar-refractivity contribution in [3.63, 3.8) is 0 Å². The van der Waals surface area contributed by atoms with Gasteiger partial charge < -0.3 is 10.2 Å². The van der Waals surface area contributed by atoms with E-state index in [1.54, 1.807) is 0 Å². The summed E-state index contributed by atoms with van der Waals surface area (Å²) in [6.45, 7) is 5.12. The van der Waals surface area contributed by atoms with Gasteiger partial charge in [0.05, 0.1) is 6.54 Å². The molecule has 0 aliphatic carbocycles. The SMILES string of the molecule is CC(C)(C)CC1(C(=O)O)CC(=O)CN1C(=O)O. The average Bonchev–Trinajstić information content (AvgIpc) is 2.40. The minimum atomic E-state index is -1.61. The molecule has 0 bridgehead atoms. The number of Topliss-reactive ketones (excluding diaryl/α,β-unsaturated/α-hetero) is 1. The van der Waals surface area contributed by atoms with E-state index in [9.17, 15) is 19.5 Å². The van der Waals surface area contributed by atoms with Crippen LogP contribution in [0.1, 0.15) is 33.6 Å². The lowest BCUT2D eigenvalue weighted by molar-refractivity contribution is -0.150. The van der Waals surface area contributed by atoms with E-state index in [0.29, 0.717) is 0 Å². The van der Waals surface area contributed by atoms with Crippen LogP contribution in [0, 0.1) is 5.41 Å². The summed E-state index contributed by atoms with van der Waals surface area (Å²) in [6.07, 6.45) is -1.48. The van der Waals surface area contributed by atoms with Crippen molar-refractivity contribution < 1.29 is 24.6 Å². The lowest BCUT2D eigenvalue weighted by Crippen LogP contribution is -2.54. The van der Waals surface area contributed by atoms with Crippen molar-refractivity contribution in [2.45, 2.75) is 39.2 Å². The third-order valence-corrected chi connectivity index (χ3v) is 2.79. The van der Waals surface area contributed by atoms with Gasteiger partial charge in [-0.15, -0.1) is 0 Å². The molecule has 1 unspecified atom stereocenters. The first-order chi connectivity index (χ1) is 7.58. The largest absolute Gasteiger partial charge is 0.479 e. The maximum absolute atomic E-state index is 11.4. The minimum absolute atomic E-state index is 0.118. The van der Waals surface area contributed by atoms with Gasteiger partial charge in [-0.25, -0.2) is 9.59 Å². The van der Waals surface area contributed by atoms with Crippen LogP contribution < -0.4 is 0 Å². The second-order valence-electron chi connectivity index (χ2n) is 5.66. The summed E-state index contributed by atoms with van der Waals surface area (Å²) < 4.78 is 0. The van der Waals surface area contributed by atoms with Gasteiger partial charge in [-0.3, -0.25) is 9.69 Å². The number of hydrogen-bond donors (Lipinski definition) is 2. The van der Waals surface area contributed by atoms with Gasteiger partial charge >= 0.3 is 12.1 Å². The summed E-state index contributed by atoms with van der Waals surface area (Å²) in [6, 6.07) is 0. The highest BCUT2D eigenvalue weighted by Gasteiger charge is 2.55. The lowest BCUT2D eigenvalue weighted by Gasteiger charge is -2.36. The molecule has 1 fully saturated rings. The summed E-state index contributed by atoms with van der Waals surface area (Å²) in [5.74, 6) is -1.60. The molecule has 6 nitrogen and oxygen atoms in total. The molecule has 1 aliphatic heterocycles. The van der Waals surface area contributed by atoms with Crippen LogP contribution in [0.4, 0.5) is 4.79 Å². The van der Waals surface area contributed by atoms with Crippen LogP contribution >= 0.6 is 0 Å². The van der Waals surface area contributed by atoms with E-state index in [1.807, 2.05) is 20.8 Å². The second kappa shape index (κ2) is 4.01. The monoisotopic (exact) mass is 243 g/mol. The number of likely N-dealkylation sites (tertiary alicyclic amines) is 1. The van der Waals surface area contributed by atoms with Crippen molar-refractivity contribution in [3.8, 4) is 0 Å². The van der Waals surface area contributed by atoms with Gasteiger partial charge in [0.2, 0.25) is 0 Å². The summed E-state index contributed by atoms with van der Waals surface area (Å²) in [4.78, 5) is 34.6. The summed E-state index contributed by atoms with van der Waals surface area (Å²) in [5, 5.41) is 18.3. The molecule has 0 saturated carbocycles. The molecule has 0 aromatic heterocycles. The van der Waals surface area contributed by atoms with Crippen molar-refractivity contribution in [1.82, 2.24) is 4.90 Å². The zero-order valence-corrected chi connectivity index (χ0v) is 10.2. The van der Waals surface area contributed by atoms with Crippen molar-refractivity contribution in [1.29, 1.82) is 0 Å². The van der Waals surface area contributed by atoms with E-state index in [-0.39, 0.29) is 30.6 Å². The van der Waals surface area contributed by atoms with Crippen LogP contribution in [0.15, 0.2) is 0 Å². The number of ketones is 1. The molecule has 0 spiro atoms. The maximum Gasteiger partial charge on any atom is 0.408 e. The molecule has 96 valence electrons. The third kappa shape index (κ3) is 2.57. The van der Waals surface area contributed by atoms with Gasteiger partial charge in [-0.05, 0) is 11.8 Å². The lowest BCUT2D eigenvalue weighted by atomic mass is 9.78. The van der Waals surface area contributed by atoms with Gasteiger partial charge in [0.25, 0.3) is 0 Å². The fraction of sp³-hybridized carbons (Fsp3) is 0.727. The van der Waals surface area contributed by atoms with Gasteiger partial charge in [0.15, 0.2) is 11.3 Å². The molecular weight excluding hydrogens is 226 g/mol. The molecule has 17 heavy (non-hydrogen) atoms. The van der Waals surface area contributed by atoms with Gasteiger partial charge in [-0.2, -0.15) is 0 Å². The van der Waals surface area contributed by atoms with Crippen LogP contribution in [-0.2, 0) is 9.59 Å². The Hall–Kier alpha value is -1.59. The van der Waals surface area contributed by atoms with Crippen molar-refractivity contribution >= 4 is 17.8 Å². The van der Waals surface area contributed by atoms with E-state index in [1.165, 1.54) is 0 Å². The standard InChI is InChI=1S/C11H17NO5/c1-10(2,3)6-11(8(14)15)4-7(13)5-12(11)9(16)17/h4-6H2,1-3H3,(H,14,15)(H,16,17). The topological polar surface area (TPSA) is 94.9 Å².